The van der Waals surface area contributed by atoms with E-state index in [2.05, 4.69) is 43.9 Å². The van der Waals surface area contributed by atoms with Crippen molar-refractivity contribution in [2.75, 3.05) is 18.0 Å². The largest absolute Gasteiger partial charge is 0.370 e. The van der Waals surface area contributed by atoms with Crippen LogP contribution < -0.4 is 10.6 Å². The molecule has 0 atom stereocenters. The van der Waals surface area contributed by atoms with Crippen LogP contribution in [0, 0.1) is 12.3 Å². The highest BCUT2D eigenvalue weighted by Crippen LogP contribution is 2.35. The van der Waals surface area contributed by atoms with E-state index in [1.54, 1.807) is 0 Å². The van der Waals surface area contributed by atoms with E-state index in [9.17, 15) is 0 Å². The number of aryl methyl sites for hydroxylation is 1. The molecule has 0 spiro atoms. The van der Waals surface area contributed by atoms with Gasteiger partial charge in [0.1, 0.15) is 0 Å². The molecule has 1 saturated heterocycles. The van der Waals surface area contributed by atoms with Crippen molar-refractivity contribution >= 4 is 5.69 Å². The van der Waals surface area contributed by atoms with Gasteiger partial charge in [-0.2, -0.15) is 0 Å². The third-order valence-electron chi connectivity index (χ3n) is 3.09. The molecule has 0 aromatic heterocycles. The van der Waals surface area contributed by atoms with Crippen LogP contribution >= 0.6 is 0 Å². The average Bonchev–Trinajstić information content (AvgIpc) is 2.15. The molecule has 1 aliphatic heterocycles. The first-order valence-corrected chi connectivity index (χ1v) is 5.56. The smallest absolute Gasteiger partial charge is 0.0399 e. The van der Waals surface area contributed by atoms with Crippen LogP contribution in [0.15, 0.2) is 18.2 Å². The first kappa shape index (κ1) is 10.5. The fourth-order valence-corrected chi connectivity index (χ4v) is 2.28. The maximum absolute atomic E-state index is 5.66. The summed E-state index contributed by atoms with van der Waals surface area (Å²) in [5, 5.41) is 0. The molecule has 0 saturated carbocycles. The van der Waals surface area contributed by atoms with Crippen molar-refractivity contribution in [1.82, 2.24) is 0 Å². The first-order chi connectivity index (χ1) is 7.02. The summed E-state index contributed by atoms with van der Waals surface area (Å²) in [5.41, 5.74) is 10.1. The fraction of sp³-hybridized carbons (Fsp3) is 0.538. The Labute approximate surface area is 92.1 Å². The highest BCUT2D eigenvalue weighted by molar-refractivity contribution is 5.57. The van der Waals surface area contributed by atoms with E-state index in [0.717, 1.165) is 13.1 Å². The number of anilines is 1. The van der Waals surface area contributed by atoms with E-state index in [4.69, 9.17) is 5.73 Å². The number of hydrogen-bond acceptors (Lipinski definition) is 2. The lowest BCUT2D eigenvalue weighted by Crippen LogP contribution is -2.53. The average molecular weight is 204 g/mol. The molecule has 1 aromatic rings. The van der Waals surface area contributed by atoms with Gasteiger partial charge in [0.2, 0.25) is 0 Å². The van der Waals surface area contributed by atoms with Crippen LogP contribution in [-0.4, -0.2) is 13.1 Å². The van der Waals surface area contributed by atoms with Gasteiger partial charge in [-0.25, -0.2) is 0 Å². The highest BCUT2D eigenvalue weighted by atomic mass is 15.2. The molecule has 2 heteroatoms. The molecule has 2 nitrogen and oxygen atoms in total. The van der Waals surface area contributed by atoms with Crippen molar-refractivity contribution < 1.29 is 0 Å². The van der Waals surface area contributed by atoms with Gasteiger partial charge in [-0.15, -0.1) is 0 Å². The Morgan fingerprint density at radius 3 is 2.53 bits per heavy atom. The van der Waals surface area contributed by atoms with Gasteiger partial charge >= 0.3 is 0 Å². The molecule has 0 radical (unpaired) electrons. The van der Waals surface area contributed by atoms with Crippen LogP contribution in [0.25, 0.3) is 0 Å². The monoisotopic (exact) mass is 204 g/mol. The maximum atomic E-state index is 5.66. The molecule has 0 bridgehead atoms. The van der Waals surface area contributed by atoms with Gasteiger partial charge in [0.05, 0.1) is 0 Å². The lowest BCUT2D eigenvalue weighted by molar-refractivity contribution is 0.276. The van der Waals surface area contributed by atoms with Gasteiger partial charge in [-0.05, 0) is 29.5 Å². The first-order valence-electron chi connectivity index (χ1n) is 5.56. The highest BCUT2D eigenvalue weighted by Gasteiger charge is 2.34. The van der Waals surface area contributed by atoms with Crippen LogP contribution in [-0.2, 0) is 6.54 Å². The number of rotatable bonds is 2. The molecule has 1 aliphatic rings. The van der Waals surface area contributed by atoms with Crippen LogP contribution in [0.1, 0.15) is 25.0 Å². The maximum Gasteiger partial charge on any atom is 0.0399 e. The van der Waals surface area contributed by atoms with Crippen LogP contribution in [0.5, 0.6) is 0 Å². The molecule has 1 aromatic carbocycles. The summed E-state index contributed by atoms with van der Waals surface area (Å²) in [5.74, 6) is 0. The molecule has 1 fully saturated rings. The van der Waals surface area contributed by atoms with Gasteiger partial charge in [0.15, 0.2) is 0 Å². The van der Waals surface area contributed by atoms with Gasteiger partial charge in [0.25, 0.3) is 0 Å². The second kappa shape index (κ2) is 3.53. The van der Waals surface area contributed by atoms with Gasteiger partial charge in [-0.3, -0.25) is 0 Å². The number of benzene rings is 1. The summed E-state index contributed by atoms with van der Waals surface area (Å²) < 4.78 is 0. The molecule has 2 N–H and O–H groups in total. The number of nitrogens with two attached hydrogens (primary N) is 1. The van der Waals surface area contributed by atoms with Crippen LogP contribution in [0.3, 0.4) is 0 Å². The van der Waals surface area contributed by atoms with E-state index in [0.29, 0.717) is 12.0 Å². The summed E-state index contributed by atoms with van der Waals surface area (Å²) in [6.45, 7) is 9.73. The number of hydrogen-bond donors (Lipinski definition) is 1. The Bertz CT molecular complexity index is 361. The third kappa shape index (κ3) is 2.00. The SMILES string of the molecule is Cc1ccc(CN)cc1N1CC(C)(C)C1. The Morgan fingerprint density at radius 1 is 1.33 bits per heavy atom. The standard InChI is InChI=1S/C13H20N2/c1-10-4-5-11(7-14)6-12(10)15-8-13(2,3)9-15/h4-6H,7-9,14H2,1-3H3. The zero-order chi connectivity index (χ0) is 11.1. The van der Waals surface area contributed by atoms with Crippen molar-refractivity contribution in [2.45, 2.75) is 27.3 Å². The van der Waals surface area contributed by atoms with Crippen molar-refractivity contribution in [1.29, 1.82) is 0 Å². The van der Waals surface area contributed by atoms with Crippen molar-refractivity contribution in [3.05, 3.63) is 29.3 Å². The Balaban J connectivity index is 2.21. The predicted octanol–water partition coefficient (Wildman–Crippen LogP) is 2.30. The Morgan fingerprint density at radius 2 is 2.00 bits per heavy atom. The topological polar surface area (TPSA) is 29.3 Å². The molecule has 2 rings (SSSR count). The van der Waals surface area contributed by atoms with Crippen LogP contribution in [0.2, 0.25) is 0 Å². The molecule has 0 unspecified atom stereocenters. The Hall–Kier alpha value is -1.02. The Kier molecular flexibility index (Phi) is 2.47. The second-order valence-electron chi connectivity index (χ2n) is 5.35. The lowest BCUT2D eigenvalue weighted by atomic mass is 9.83. The lowest BCUT2D eigenvalue weighted by Gasteiger charge is -2.48. The molecule has 0 aliphatic carbocycles. The van der Waals surface area contributed by atoms with E-state index < -0.39 is 0 Å². The third-order valence-corrected chi connectivity index (χ3v) is 3.09. The minimum atomic E-state index is 0.477. The minimum Gasteiger partial charge on any atom is -0.370 e. The van der Waals surface area contributed by atoms with Crippen molar-refractivity contribution in [2.24, 2.45) is 11.1 Å². The quantitative estimate of drug-likeness (QED) is 0.801. The molecular formula is C13H20N2. The zero-order valence-corrected chi connectivity index (χ0v) is 9.88. The van der Waals surface area contributed by atoms with Crippen LogP contribution in [0.4, 0.5) is 5.69 Å². The summed E-state index contributed by atoms with van der Waals surface area (Å²) in [7, 11) is 0. The van der Waals surface area contributed by atoms with Crippen molar-refractivity contribution in [3.63, 3.8) is 0 Å². The van der Waals surface area contributed by atoms with Gasteiger partial charge < -0.3 is 10.6 Å². The molecule has 82 valence electrons. The normalized spacial score (nSPS) is 18.8. The van der Waals surface area contributed by atoms with Gasteiger partial charge in [0, 0.05) is 25.3 Å². The summed E-state index contributed by atoms with van der Waals surface area (Å²) in [4.78, 5) is 2.44. The second-order valence-corrected chi connectivity index (χ2v) is 5.35. The van der Waals surface area contributed by atoms with E-state index in [1.165, 1.54) is 16.8 Å². The minimum absolute atomic E-state index is 0.477. The van der Waals surface area contributed by atoms with E-state index in [1.807, 2.05) is 0 Å². The van der Waals surface area contributed by atoms with E-state index >= 15 is 0 Å². The summed E-state index contributed by atoms with van der Waals surface area (Å²) >= 11 is 0. The summed E-state index contributed by atoms with van der Waals surface area (Å²) in [6.07, 6.45) is 0. The van der Waals surface area contributed by atoms with Gasteiger partial charge in [-0.1, -0.05) is 26.0 Å². The zero-order valence-electron chi connectivity index (χ0n) is 9.88. The fourth-order valence-electron chi connectivity index (χ4n) is 2.28. The molecule has 0 amide bonds. The molecule has 1 heterocycles. The molecule has 15 heavy (non-hydrogen) atoms. The number of nitrogens with zero attached hydrogens (tertiary/aromatic N) is 1. The molecular weight excluding hydrogens is 184 g/mol. The van der Waals surface area contributed by atoms with Crippen molar-refractivity contribution in [3.8, 4) is 0 Å². The van der Waals surface area contributed by atoms with E-state index in [-0.39, 0.29) is 0 Å². The summed E-state index contributed by atoms with van der Waals surface area (Å²) in [6, 6.07) is 6.51. The predicted molar refractivity (Wildman–Crippen MR) is 65.1 cm³/mol.